The summed E-state index contributed by atoms with van der Waals surface area (Å²) in [5.41, 5.74) is 9.54. The first-order valence-corrected chi connectivity index (χ1v) is 15.1. The molecule has 0 unspecified atom stereocenters. The van der Waals surface area contributed by atoms with Crippen LogP contribution in [-0.2, 0) is 0 Å². The van der Waals surface area contributed by atoms with Gasteiger partial charge in [-0.15, -0.1) is 11.3 Å². The molecule has 42 heavy (non-hydrogen) atoms. The topological polar surface area (TPSA) is 12.0 Å². The highest BCUT2D eigenvalue weighted by molar-refractivity contribution is 7.25. The Morgan fingerprint density at radius 3 is 1.69 bits per heavy atom. The van der Waals surface area contributed by atoms with Gasteiger partial charge in [0.1, 0.15) is 0 Å². The van der Waals surface area contributed by atoms with Crippen molar-refractivity contribution in [1.29, 1.82) is 0 Å². The number of anilines is 2. The van der Waals surface area contributed by atoms with Crippen LogP contribution in [0.2, 0.25) is 0 Å². The molecule has 1 N–H and O–H groups in total. The van der Waals surface area contributed by atoms with Crippen LogP contribution in [0.25, 0.3) is 64.3 Å². The van der Waals surface area contributed by atoms with E-state index in [9.17, 15) is 0 Å². The molecule has 0 amide bonds. The van der Waals surface area contributed by atoms with Crippen LogP contribution in [0, 0.1) is 0 Å². The lowest BCUT2D eigenvalue weighted by Crippen LogP contribution is -1.93. The van der Waals surface area contributed by atoms with Crippen LogP contribution in [0.4, 0.5) is 11.4 Å². The molecule has 7 aromatic carbocycles. The van der Waals surface area contributed by atoms with Gasteiger partial charge in [0.05, 0.1) is 0 Å². The maximum Gasteiger partial charge on any atom is 0.0463 e. The summed E-state index contributed by atoms with van der Waals surface area (Å²) >= 11 is 1.86. The molecule has 0 saturated carbocycles. The molecule has 0 aliphatic carbocycles. The first-order chi connectivity index (χ1) is 20.8. The second-order valence-electron chi connectivity index (χ2n) is 10.6. The van der Waals surface area contributed by atoms with Gasteiger partial charge in [-0.1, -0.05) is 121 Å². The number of hydrogen-bond acceptors (Lipinski definition) is 2. The van der Waals surface area contributed by atoms with Crippen LogP contribution in [-0.4, -0.2) is 0 Å². The monoisotopic (exact) mass is 553 g/mol. The van der Waals surface area contributed by atoms with Crippen molar-refractivity contribution in [3.63, 3.8) is 0 Å². The molecular weight excluding hydrogens is 527 g/mol. The van der Waals surface area contributed by atoms with Crippen molar-refractivity contribution in [2.75, 3.05) is 5.32 Å². The summed E-state index contributed by atoms with van der Waals surface area (Å²) in [6.45, 7) is 0. The highest BCUT2D eigenvalue weighted by Gasteiger charge is 2.11. The lowest BCUT2D eigenvalue weighted by Gasteiger charge is -2.14. The van der Waals surface area contributed by atoms with E-state index in [1.54, 1.807) is 0 Å². The van der Waals surface area contributed by atoms with Gasteiger partial charge in [0.15, 0.2) is 0 Å². The highest BCUT2D eigenvalue weighted by atomic mass is 32.1. The van der Waals surface area contributed by atoms with E-state index in [4.69, 9.17) is 0 Å². The number of thiophene rings is 1. The molecule has 0 spiro atoms. The maximum atomic E-state index is 3.70. The van der Waals surface area contributed by atoms with Crippen molar-refractivity contribution >= 4 is 53.7 Å². The Kier molecular flexibility index (Phi) is 6.05. The van der Waals surface area contributed by atoms with Crippen molar-refractivity contribution in [3.8, 4) is 33.4 Å². The summed E-state index contributed by atoms with van der Waals surface area (Å²) in [7, 11) is 0. The SMILES string of the molecule is c1ccc(-c2ccc(-c3ccc(Nc4ccccc4-c4ccc5sc6ccccc6c5c4)cc3)c3ccccc23)cc1. The van der Waals surface area contributed by atoms with Gasteiger partial charge >= 0.3 is 0 Å². The standard InChI is InChI=1S/C40H27NS/c1-2-10-27(11-3-1)31-23-24-32(35-14-5-4-13-34(31)35)28-18-21-30(22-19-28)41-38-16-8-6-12-33(38)29-20-25-40-37(26-29)36-15-7-9-17-39(36)42-40/h1-26,41H. The van der Waals surface area contributed by atoms with E-state index in [1.807, 2.05) is 11.3 Å². The molecule has 8 aromatic rings. The van der Waals surface area contributed by atoms with E-state index in [2.05, 4.69) is 163 Å². The number of fused-ring (bicyclic) bond motifs is 4. The molecule has 0 aliphatic heterocycles. The number of hydrogen-bond donors (Lipinski definition) is 1. The Bertz CT molecular complexity index is 2210. The molecule has 0 bridgehead atoms. The third-order valence-electron chi connectivity index (χ3n) is 8.10. The predicted molar refractivity (Wildman–Crippen MR) is 183 cm³/mol. The number of benzene rings is 7. The van der Waals surface area contributed by atoms with Crippen LogP contribution in [0.15, 0.2) is 158 Å². The molecular formula is C40H27NS. The molecule has 0 radical (unpaired) electrons. The third-order valence-corrected chi connectivity index (χ3v) is 9.25. The zero-order chi connectivity index (χ0) is 27.9. The molecule has 0 atom stereocenters. The number of para-hydroxylation sites is 1. The van der Waals surface area contributed by atoms with Gasteiger partial charge in [0, 0.05) is 37.1 Å². The highest BCUT2D eigenvalue weighted by Crippen LogP contribution is 2.39. The second kappa shape index (κ2) is 10.3. The minimum absolute atomic E-state index is 1.07. The van der Waals surface area contributed by atoms with E-state index in [-0.39, 0.29) is 0 Å². The Hall–Kier alpha value is -5.18. The fraction of sp³-hybridized carbons (Fsp3) is 0. The average Bonchev–Trinajstić information content (AvgIpc) is 3.43. The number of rotatable bonds is 5. The fourth-order valence-corrected chi connectivity index (χ4v) is 7.13. The first-order valence-electron chi connectivity index (χ1n) is 14.3. The van der Waals surface area contributed by atoms with Crippen molar-refractivity contribution in [3.05, 3.63) is 158 Å². The molecule has 1 aromatic heterocycles. The molecule has 8 rings (SSSR count). The van der Waals surface area contributed by atoms with Crippen LogP contribution >= 0.6 is 11.3 Å². The van der Waals surface area contributed by atoms with Gasteiger partial charge in [-0.25, -0.2) is 0 Å². The second-order valence-corrected chi connectivity index (χ2v) is 11.7. The summed E-state index contributed by atoms with van der Waals surface area (Å²) in [4.78, 5) is 0. The van der Waals surface area contributed by atoms with E-state index in [1.165, 1.54) is 64.3 Å². The maximum absolute atomic E-state index is 3.70. The summed E-state index contributed by atoms with van der Waals surface area (Å²) in [6.07, 6.45) is 0. The molecule has 0 aliphatic rings. The van der Waals surface area contributed by atoms with Crippen LogP contribution < -0.4 is 5.32 Å². The molecule has 2 heteroatoms. The molecule has 0 saturated heterocycles. The Morgan fingerprint density at radius 2 is 0.929 bits per heavy atom. The van der Waals surface area contributed by atoms with Crippen molar-refractivity contribution < 1.29 is 0 Å². The lowest BCUT2D eigenvalue weighted by atomic mass is 9.92. The zero-order valence-corrected chi connectivity index (χ0v) is 23.7. The summed E-state index contributed by atoms with van der Waals surface area (Å²) in [6, 6.07) is 56.7. The van der Waals surface area contributed by atoms with Gasteiger partial charge in [-0.3, -0.25) is 0 Å². The predicted octanol–water partition coefficient (Wildman–Crippen LogP) is 12.0. The molecule has 1 nitrogen and oxygen atoms in total. The quantitative estimate of drug-likeness (QED) is 0.223. The Labute approximate surface area is 249 Å². The molecule has 1 heterocycles. The minimum atomic E-state index is 1.07. The van der Waals surface area contributed by atoms with E-state index >= 15 is 0 Å². The van der Waals surface area contributed by atoms with Crippen LogP contribution in [0.1, 0.15) is 0 Å². The van der Waals surface area contributed by atoms with Crippen LogP contribution in [0.5, 0.6) is 0 Å². The third kappa shape index (κ3) is 4.34. The zero-order valence-electron chi connectivity index (χ0n) is 22.9. The minimum Gasteiger partial charge on any atom is -0.355 e. The lowest BCUT2D eigenvalue weighted by molar-refractivity contribution is 1.53. The van der Waals surface area contributed by atoms with Crippen LogP contribution in [0.3, 0.4) is 0 Å². The molecule has 0 fully saturated rings. The van der Waals surface area contributed by atoms with Gasteiger partial charge < -0.3 is 5.32 Å². The van der Waals surface area contributed by atoms with Crippen molar-refractivity contribution in [2.45, 2.75) is 0 Å². The van der Waals surface area contributed by atoms with E-state index in [0.717, 1.165) is 11.4 Å². The van der Waals surface area contributed by atoms with E-state index < -0.39 is 0 Å². The van der Waals surface area contributed by atoms with Crippen molar-refractivity contribution in [1.82, 2.24) is 0 Å². The normalized spacial score (nSPS) is 11.3. The Balaban J connectivity index is 1.13. The summed E-state index contributed by atoms with van der Waals surface area (Å²) in [5.74, 6) is 0. The number of nitrogens with one attached hydrogen (secondary N) is 1. The van der Waals surface area contributed by atoms with E-state index in [0.29, 0.717) is 0 Å². The fourth-order valence-electron chi connectivity index (χ4n) is 6.05. The largest absolute Gasteiger partial charge is 0.355 e. The summed E-state index contributed by atoms with van der Waals surface area (Å²) < 4.78 is 2.66. The van der Waals surface area contributed by atoms with Crippen molar-refractivity contribution in [2.24, 2.45) is 0 Å². The average molecular weight is 554 g/mol. The summed E-state index contributed by atoms with van der Waals surface area (Å²) in [5, 5.41) is 8.88. The van der Waals surface area contributed by atoms with Gasteiger partial charge in [0.25, 0.3) is 0 Å². The first kappa shape index (κ1) is 24.6. The molecule has 198 valence electrons. The smallest absolute Gasteiger partial charge is 0.0463 e. The van der Waals surface area contributed by atoms with Gasteiger partial charge in [0.2, 0.25) is 0 Å². The van der Waals surface area contributed by atoms with Gasteiger partial charge in [-0.05, 0) is 75.0 Å². The van der Waals surface area contributed by atoms with Gasteiger partial charge in [-0.2, -0.15) is 0 Å². The Morgan fingerprint density at radius 1 is 0.357 bits per heavy atom.